The van der Waals surface area contributed by atoms with Crippen molar-refractivity contribution in [2.24, 2.45) is 0 Å². The Labute approximate surface area is 142 Å². The molecule has 0 radical (unpaired) electrons. The van der Waals surface area contributed by atoms with E-state index >= 15 is 0 Å². The molecular formula is C19H25NO4. The molecule has 24 heavy (non-hydrogen) atoms. The van der Waals surface area contributed by atoms with Gasteiger partial charge in [-0.2, -0.15) is 0 Å². The number of aromatic nitrogens is 1. The predicted molar refractivity (Wildman–Crippen MR) is 94.4 cm³/mol. The molecule has 2 rings (SSSR count). The zero-order chi connectivity index (χ0) is 17.9. The fraction of sp³-hybridized carbons (Fsp3) is 0.474. The summed E-state index contributed by atoms with van der Waals surface area (Å²) in [7, 11) is 0. The minimum Gasteiger partial charge on any atom is -0.483 e. The molecule has 0 spiro atoms. The van der Waals surface area contributed by atoms with Crippen LogP contribution < -0.4 is 10.3 Å². The fourth-order valence-corrected chi connectivity index (χ4v) is 2.81. The van der Waals surface area contributed by atoms with Gasteiger partial charge < -0.3 is 14.4 Å². The molecule has 5 heteroatoms. The van der Waals surface area contributed by atoms with Gasteiger partial charge in [0.15, 0.2) is 0 Å². The molecule has 0 saturated heterocycles. The van der Waals surface area contributed by atoms with E-state index in [9.17, 15) is 9.59 Å². The van der Waals surface area contributed by atoms with Gasteiger partial charge >= 0.3 is 5.97 Å². The van der Waals surface area contributed by atoms with Crippen LogP contribution in [0.2, 0.25) is 0 Å². The lowest BCUT2D eigenvalue weighted by Crippen LogP contribution is -2.35. The van der Waals surface area contributed by atoms with Crippen molar-refractivity contribution >= 4 is 12.0 Å². The largest absolute Gasteiger partial charge is 0.483 e. The van der Waals surface area contributed by atoms with Gasteiger partial charge in [-0.05, 0) is 52.7 Å². The summed E-state index contributed by atoms with van der Waals surface area (Å²) in [6, 6.07) is 1.82. The lowest BCUT2D eigenvalue weighted by Gasteiger charge is -2.32. The molecule has 0 aromatic carbocycles. The molecule has 1 aromatic heterocycles. The lowest BCUT2D eigenvalue weighted by atomic mass is 9.95. The number of carboxylic acid groups (broad SMARTS) is 1. The normalized spacial score (nSPS) is 18.7. The third kappa shape index (κ3) is 4.16. The van der Waals surface area contributed by atoms with Crippen LogP contribution >= 0.6 is 0 Å². The molecule has 5 nitrogen and oxygen atoms in total. The second kappa shape index (κ2) is 7.07. The number of aliphatic carboxylic acids is 1. The summed E-state index contributed by atoms with van der Waals surface area (Å²) in [6.07, 6.45) is 7.56. The monoisotopic (exact) mass is 331 g/mol. The highest BCUT2D eigenvalue weighted by Gasteiger charge is 2.28. The third-order valence-corrected chi connectivity index (χ3v) is 4.20. The maximum absolute atomic E-state index is 12.6. The third-order valence-electron chi connectivity index (χ3n) is 4.20. The summed E-state index contributed by atoms with van der Waals surface area (Å²) in [5.41, 5.74) is 1.84. The summed E-state index contributed by atoms with van der Waals surface area (Å²) in [4.78, 5) is 23.3. The number of hydrogen-bond acceptors (Lipinski definition) is 3. The summed E-state index contributed by atoms with van der Waals surface area (Å²) >= 11 is 0. The van der Waals surface area contributed by atoms with E-state index in [1.807, 2.05) is 19.1 Å². The SMILES string of the molecule is CC(C)=CCC[C@@]1(C)C=Cc2c(cc(C)n(CCC(=O)O)c2=O)O1. The van der Waals surface area contributed by atoms with E-state index in [0.29, 0.717) is 17.0 Å². The zero-order valence-electron chi connectivity index (χ0n) is 14.8. The summed E-state index contributed by atoms with van der Waals surface area (Å²) in [5.74, 6) is -0.344. The number of carbonyl (C=O) groups is 1. The van der Waals surface area contributed by atoms with Gasteiger partial charge in [0.1, 0.15) is 11.4 Å². The second-order valence-electron chi connectivity index (χ2n) is 6.73. The van der Waals surface area contributed by atoms with Gasteiger partial charge in [0, 0.05) is 18.3 Å². The first-order chi connectivity index (χ1) is 11.2. The number of aryl methyl sites for hydroxylation is 1. The maximum atomic E-state index is 12.6. The zero-order valence-corrected chi connectivity index (χ0v) is 14.8. The standard InChI is InChI=1S/C19H25NO4/c1-13(2)6-5-9-19(4)10-7-15-16(24-19)12-14(3)20(18(15)23)11-8-17(21)22/h6-7,10,12H,5,8-9,11H2,1-4H3,(H,21,22)/t19-/m0/s1. The van der Waals surface area contributed by atoms with Crippen LogP contribution in [0.3, 0.4) is 0 Å². The molecular weight excluding hydrogens is 306 g/mol. The number of rotatable bonds is 6. The van der Waals surface area contributed by atoms with E-state index < -0.39 is 11.6 Å². The van der Waals surface area contributed by atoms with Crippen molar-refractivity contribution in [1.29, 1.82) is 0 Å². The van der Waals surface area contributed by atoms with Crippen molar-refractivity contribution in [1.82, 2.24) is 4.57 Å². The Morgan fingerprint density at radius 2 is 2.12 bits per heavy atom. The van der Waals surface area contributed by atoms with E-state index in [-0.39, 0.29) is 18.5 Å². The van der Waals surface area contributed by atoms with Crippen molar-refractivity contribution in [3.63, 3.8) is 0 Å². The van der Waals surface area contributed by atoms with E-state index in [1.165, 1.54) is 10.1 Å². The lowest BCUT2D eigenvalue weighted by molar-refractivity contribution is -0.137. The number of fused-ring (bicyclic) bond motifs is 1. The van der Waals surface area contributed by atoms with Crippen LogP contribution in [0.4, 0.5) is 0 Å². The first-order valence-corrected chi connectivity index (χ1v) is 8.20. The molecule has 0 unspecified atom stereocenters. The second-order valence-corrected chi connectivity index (χ2v) is 6.73. The van der Waals surface area contributed by atoms with Gasteiger partial charge in [0.25, 0.3) is 5.56 Å². The average molecular weight is 331 g/mol. The highest BCUT2D eigenvalue weighted by Crippen LogP contribution is 2.32. The summed E-state index contributed by atoms with van der Waals surface area (Å²) < 4.78 is 7.59. The van der Waals surface area contributed by atoms with Crippen molar-refractivity contribution in [2.45, 2.75) is 59.1 Å². The average Bonchev–Trinajstić information content (AvgIpc) is 2.45. The smallest absolute Gasteiger partial charge is 0.305 e. The quantitative estimate of drug-likeness (QED) is 0.810. The number of ether oxygens (including phenoxy) is 1. The maximum Gasteiger partial charge on any atom is 0.305 e. The Balaban J connectivity index is 2.27. The van der Waals surface area contributed by atoms with E-state index in [2.05, 4.69) is 19.9 Å². The summed E-state index contributed by atoms with van der Waals surface area (Å²) in [5, 5.41) is 8.83. The highest BCUT2D eigenvalue weighted by molar-refractivity contribution is 5.66. The fourth-order valence-electron chi connectivity index (χ4n) is 2.81. The number of allylic oxidation sites excluding steroid dienone is 2. The Morgan fingerprint density at radius 3 is 2.75 bits per heavy atom. The van der Waals surface area contributed by atoms with E-state index in [1.54, 1.807) is 13.0 Å². The molecule has 1 atom stereocenters. The molecule has 2 heterocycles. The number of nitrogens with zero attached hydrogens (tertiary/aromatic N) is 1. The molecule has 0 fully saturated rings. The van der Waals surface area contributed by atoms with Crippen molar-refractivity contribution in [2.75, 3.05) is 0 Å². The van der Waals surface area contributed by atoms with Gasteiger partial charge in [-0.1, -0.05) is 11.6 Å². The van der Waals surface area contributed by atoms with Gasteiger partial charge in [-0.15, -0.1) is 0 Å². The van der Waals surface area contributed by atoms with Crippen LogP contribution in [0, 0.1) is 6.92 Å². The van der Waals surface area contributed by atoms with Crippen molar-refractivity contribution < 1.29 is 14.6 Å². The Hall–Kier alpha value is -2.30. The Kier molecular flexibility index (Phi) is 5.32. The predicted octanol–water partition coefficient (Wildman–Crippen LogP) is 3.54. The molecule has 1 aliphatic heterocycles. The van der Waals surface area contributed by atoms with Gasteiger partial charge in [-0.25, -0.2) is 0 Å². The molecule has 0 saturated carbocycles. The summed E-state index contributed by atoms with van der Waals surface area (Å²) in [6.45, 7) is 8.11. The molecule has 1 aliphatic rings. The van der Waals surface area contributed by atoms with Gasteiger partial charge in [-0.3, -0.25) is 9.59 Å². The number of pyridine rings is 1. The van der Waals surface area contributed by atoms with Crippen LogP contribution in [0.5, 0.6) is 5.75 Å². The van der Waals surface area contributed by atoms with Crippen LogP contribution in [0.1, 0.15) is 51.3 Å². The first kappa shape index (κ1) is 18.0. The van der Waals surface area contributed by atoms with Crippen LogP contribution in [0.25, 0.3) is 6.08 Å². The number of hydrogen-bond donors (Lipinski definition) is 1. The van der Waals surface area contributed by atoms with Crippen LogP contribution in [-0.2, 0) is 11.3 Å². The van der Waals surface area contributed by atoms with Crippen molar-refractivity contribution in [3.8, 4) is 5.75 Å². The Morgan fingerprint density at radius 1 is 1.42 bits per heavy atom. The van der Waals surface area contributed by atoms with Gasteiger partial charge in [0.05, 0.1) is 12.0 Å². The molecule has 1 aromatic rings. The molecule has 0 amide bonds. The molecule has 0 aliphatic carbocycles. The first-order valence-electron chi connectivity index (χ1n) is 8.20. The minimum absolute atomic E-state index is 0.0788. The van der Waals surface area contributed by atoms with Crippen molar-refractivity contribution in [3.05, 3.63) is 45.4 Å². The topological polar surface area (TPSA) is 68.5 Å². The number of carboxylic acids is 1. The molecule has 130 valence electrons. The molecule has 0 bridgehead atoms. The van der Waals surface area contributed by atoms with Crippen LogP contribution in [-0.4, -0.2) is 21.2 Å². The molecule has 1 N–H and O–H groups in total. The Bertz CT molecular complexity index is 753. The minimum atomic E-state index is -0.919. The van der Waals surface area contributed by atoms with Gasteiger partial charge in [0.2, 0.25) is 0 Å². The van der Waals surface area contributed by atoms with Crippen LogP contribution in [0.15, 0.2) is 28.6 Å². The van der Waals surface area contributed by atoms with E-state index in [4.69, 9.17) is 9.84 Å². The van der Waals surface area contributed by atoms with E-state index in [0.717, 1.165) is 12.8 Å². The highest BCUT2D eigenvalue weighted by atomic mass is 16.5.